The summed E-state index contributed by atoms with van der Waals surface area (Å²) in [5.41, 5.74) is 1.20. The molecule has 0 aromatic heterocycles. The molecule has 1 aliphatic heterocycles. The zero-order chi connectivity index (χ0) is 14.9. The first-order valence-electron chi connectivity index (χ1n) is 6.16. The van der Waals surface area contributed by atoms with Crippen molar-refractivity contribution >= 4 is 11.4 Å². The highest BCUT2D eigenvalue weighted by Crippen LogP contribution is 2.21. The van der Waals surface area contributed by atoms with E-state index >= 15 is 0 Å². The van der Waals surface area contributed by atoms with E-state index in [2.05, 4.69) is 5.32 Å². The van der Waals surface area contributed by atoms with Gasteiger partial charge in [-0.25, -0.2) is 5.21 Å². The van der Waals surface area contributed by atoms with Gasteiger partial charge in [-0.05, 0) is 13.0 Å². The molecule has 0 bridgehead atoms. The van der Waals surface area contributed by atoms with Gasteiger partial charge in [0.05, 0.1) is 6.61 Å². The number of aliphatic hydroxyl groups excluding tert-OH is 3. The van der Waals surface area contributed by atoms with Gasteiger partial charge < -0.3 is 30.6 Å². The first-order chi connectivity index (χ1) is 9.40. The summed E-state index contributed by atoms with van der Waals surface area (Å²) in [7, 11) is 0. The third-order valence-electron chi connectivity index (χ3n) is 3.28. The van der Waals surface area contributed by atoms with Gasteiger partial charge >= 0.3 is 0 Å². The maximum atomic E-state index is 11.0. The number of aryl methyl sites for hydroxylation is 1. The van der Waals surface area contributed by atoms with Gasteiger partial charge in [-0.3, -0.25) is 0 Å². The Labute approximate surface area is 115 Å². The maximum Gasteiger partial charge on any atom is 0.168 e. The lowest BCUT2D eigenvalue weighted by atomic mass is 10.0. The molecule has 1 saturated heterocycles. The summed E-state index contributed by atoms with van der Waals surface area (Å²) in [6.45, 7) is 1.56. The van der Waals surface area contributed by atoms with Crippen molar-refractivity contribution in [3.8, 4) is 0 Å². The van der Waals surface area contributed by atoms with E-state index < -0.39 is 29.8 Å². The molecule has 8 nitrogen and oxygen atoms in total. The van der Waals surface area contributed by atoms with Gasteiger partial charge in [0, 0.05) is 17.3 Å². The highest BCUT2D eigenvalue weighted by molar-refractivity contribution is 5.55. The van der Waals surface area contributed by atoms with Gasteiger partial charge in [-0.15, -0.1) is 0 Å². The molecule has 1 aromatic rings. The van der Waals surface area contributed by atoms with Crippen LogP contribution in [-0.2, 0) is 4.74 Å². The molecular formula is C12H18N2O6. The summed E-state index contributed by atoms with van der Waals surface area (Å²) in [6.07, 6.45) is -4.69. The molecule has 1 aliphatic rings. The van der Waals surface area contributed by atoms with Crippen molar-refractivity contribution in [2.24, 2.45) is 0 Å². The monoisotopic (exact) mass is 286 g/mol. The molecule has 0 aliphatic carbocycles. The van der Waals surface area contributed by atoms with Crippen LogP contribution in [0.1, 0.15) is 5.56 Å². The van der Waals surface area contributed by atoms with Crippen LogP contribution in [0, 0.1) is 12.1 Å². The van der Waals surface area contributed by atoms with Crippen LogP contribution in [0.2, 0.25) is 0 Å². The number of aliphatic hydroxyl groups is 3. The van der Waals surface area contributed by atoms with Crippen molar-refractivity contribution in [3.63, 3.8) is 0 Å². The normalized spacial score (nSPS) is 31.9. The largest absolute Gasteiger partial charge is 0.595 e. The summed E-state index contributed by atoms with van der Waals surface area (Å²) < 4.78 is 5.19. The molecule has 0 amide bonds. The molecule has 0 spiro atoms. The van der Waals surface area contributed by atoms with Gasteiger partial charge in [-0.2, -0.15) is 5.23 Å². The number of benzene rings is 1. The Morgan fingerprint density at radius 2 is 2.00 bits per heavy atom. The number of hydrogen-bond donors (Lipinski definition) is 6. The van der Waals surface area contributed by atoms with E-state index in [1.807, 2.05) is 0 Å². The summed E-state index contributed by atoms with van der Waals surface area (Å²) in [6, 6.07) is 4.70. The summed E-state index contributed by atoms with van der Waals surface area (Å²) >= 11 is 0. The number of ether oxygens (including phenoxy) is 1. The fourth-order valence-corrected chi connectivity index (χ4v) is 2.04. The lowest BCUT2D eigenvalue weighted by molar-refractivity contribution is -0.991. The lowest BCUT2D eigenvalue weighted by Crippen LogP contribution is -2.99. The third-order valence-corrected chi connectivity index (χ3v) is 3.28. The second kappa shape index (κ2) is 6.02. The molecule has 112 valence electrons. The van der Waals surface area contributed by atoms with Crippen LogP contribution in [0.5, 0.6) is 0 Å². The molecular weight excluding hydrogens is 268 g/mol. The summed E-state index contributed by atoms with van der Waals surface area (Å²) in [4.78, 5) is 0. The van der Waals surface area contributed by atoms with E-state index in [1.165, 1.54) is 6.07 Å². The first-order valence-corrected chi connectivity index (χ1v) is 6.16. The van der Waals surface area contributed by atoms with Crippen molar-refractivity contribution in [3.05, 3.63) is 29.0 Å². The number of anilines is 1. The first kappa shape index (κ1) is 15.1. The van der Waals surface area contributed by atoms with E-state index in [0.717, 1.165) is 0 Å². The highest BCUT2D eigenvalue weighted by Gasteiger charge is 2.37. The van der Waals surface area contributed by atoms with E-state index in [4.69, 9.17) is 9.94 Å². The topological polar surface area (TPSA) is 130 Å². The van der Waals surface area contributed by atoms with Crippen molar-refractivity contribution in [1.29, 1.82) is 0 Å². The van der Waals surface area contributed by atoms with Gasteiger partial charge in [-0.1, -0.05) is 6.07 Å². The van der Waals surface area contributed by atoms with Crippen LogP contribution < -0.4 is 10.5 Å². The average Bonchev–Trinajstić information content (AvgIpc) is 2.41. The number of rotatable bonds is 3. The third kappa shape index (κ3) is 3.07. The number of nitrogens with one attached hydrogen (secondary N) is 2. The van der Waals surface area contributed by atoms with Crippen molar-refractivity contribution in [1.82, 2.24) is 0 Å². The van der Waals surface area contributed by atoms with E-state index in [0.29, 0.717) is 11.3 Å². The van der Waals surface area contributed by atoms with E-state index in [1.54, 1.807) is 19.1 Å². The van der Waals surface area contributed by atoms with Gasteiger partial charge in [0.2, 0.25) is 0 Å². The van der Waals surface area contributed by atoms with E-state index in [9.17, 15) is 20.5 Å². The molecule has 0 saturated carbocycles. The minimum Gasteiger partial charge on any atom is -0.595 e. The van der Waals surface area contributed by atoms with Crippen molar-refractivity contribution in [2.75, 3.05) is 11.9 Å². The Balaban J connectivity index is 2.12. The molecule has 6 N–H and O–H groups in total. The van der Waals surface area contributed by atoms with Gasteiger partial charge in [0.1, 0.15) is 18.3 Å². The maximum absolute atomic E-state index is 11.0. The Bertz CT molecular complexity index is 469. The zero-order valence-electron chi connectivity index (χ0n) is 10.9. The predicted molar refractivity (Wildman–Crippen MR) is 68.3 cm³/mol. The molecule has 5 atom stereocenters. The highest BCUT2D eigenvalue weighted by atomic mass is 16.8. The van der Waals surface area contributed by atoms with Crippen LogP contribution in [0.3, 0.4) is 0 Å². The Hall–Kier alpha value is -1.26. The van der Waals surface area contributed by atoms with Crippen molar-refractivity contribution in [2.45, 2.75) is 31.5 Å². The van der Waals surface area contributed by atoms with Crippen molar-refractivity contribution < 1.29 is 30.5 Å². The second-order valence-corrected chi connectivity index (χ2v) is 4.78. The summed E-state index contributed by atoms with van der Waals surface area (Å²) in [5, 5.41) is 50.5. The van der Waals surface area contributed by atoms with Gasteiger partial charge in [0.25, 0.3) is 0 Å². The Kier molecular flexibility index (Phi) is 4.55. The molecule has 8 heteroatoms. The van der Waals surface area contributed by atoms with E-state index in [-0.39, 0.29) is 12.3 Å². The minimum atomic E-state index is -1.31. The zero-order valence-corrected chi connectivity index (χ0v) is 10.9. The smallest absolute Gasteiger partial charge is 0.168 e. The SMILES string of the molecule is Cc1ccc(NC2OCC(O)C(O)C2O)cc1[NH+]([O-])O. The number of quaternary nitrogens is 1. The average molecular weight is 286 g/mol. The fraction of sp³-hybridized carbons (Fsp3) is 0.500. The van der Waals surface area contributed by atoms with Gasteiger partial charge in [0.15, 0.2) is 11.9 Å². The quantitative estimate of drug-likeness (QED) is 0.363. The van der Waals surface area contributed by atoms with Crippen LogP contribution in [0.25, 0.3) is 0 Å². The Morgan fingerprint density at radius 1 is 1.30 bits per heavy atom. The Morgan fingerprint density at radius 3 is 2.65 bits per heavy atom. The second-order valence-electron chi connectivity index (χ2n) is 4.78. The number of hydrogen-bond acceptors (Lipinski definition) is 7. The molecule has 2 rings (SSSR count). The molecule has 1 heterocycles. The molecule has 20 heavy (non-hydrogen) atoms. The molecule has 1 fully saturated rings. The minimum absolute atomic E-state index is 0.118. The van der Waals surface area contributed by atoms with Crippen LogP contribution >= 0.6 is 0 Å². The van der Waals surface area contributed by atoms with Crippen LogP contribution in [0.4, 0.5) is 11.4 Å². The van der Waals surface area contributed by atoms with Crippen LogP contribution in [0.15, 0.2) is 18.2 Å². The fourth-order valence-electron chi connectivity index (χ4n) is 2.04. The summed E-state index contributed by atoms with van der Waals surface area (Å²) in [5.74, 6) is 0. The molecule has 1 aromatic carbocycles. The van der Waals surface area contributed by atoms with Crippen LogP contribution in [-0.4, -0.2) is 51.7 Å². The molecule has 5 unspecified atom stereocenters. The lowest BCUT2D eigenvalue weighted by Gasteiger charge is -2.36. The standard InChI is InChI=1S/C12H18N2O6/c1-6-2-3-7(4-8(6)14(18)19)13-12-11(17)10(16)9(15)5-20-12/h2-4,9-18H,5H2,1H3. The molecule has 0 radical (unpaired) electrons. The predicted octanol–water partition coefficient (Wildman–Crippen LogP) is -1.75.